The van der Waals surface area contributed by atoms with Gasteiger partial charge in [-0.1, -0.05) is 49.4 Å². The van der Waals surface area contributed by atoms with E-state index in [0.29, 0.717) is 5.92 Å². The summed E-state index contributed by atoms with van der Waals surface area (Å²) in [6, 6.07) is 18.9. The van der Waals surface area contributed by atoms with Gasteiger partial charge in [-0.2, -0.15) is 0 Å². The summed E-state index contributed by atoms with van der Waals surface area (Å²) in [5.74, 6) is 3.77. The zero-order valence-corrected chi connectivity index (χ0v) is 15.2. The average molecular weight is 342 g/mol. The Morgan fingerprint density at radius 2 is 1.58 bits per heavy atom. The Morgan fingerprint density at radius 1 is 0.923 bits per heavy atom. The van der Waals surface area contributed by atoms with E-state index in [4.69, 9.17) is 9.97 Å². The Labute approximate surface area is 153 Å². The van der Waals surface area contributed by atoms with Gasteiger partial charge >= 0.3 is 0 Å². The molecule has 0 saturated heterocycles. The highest BCUT2D eigenvalue weighted by molar-refractivity contribution is 5.90. The fourth-order valence-corrected chi connectivity index (χ4v) is 4.21. The fraction of sp³-hybridized carbons (Fsp3) is 0.273. The normalized spacial score (nSPS) is 19.1. The van der Waals surface area contributed by atoms with Crippen LogP contribution in [0.4, 0.5) is 11.6 Å². The SMILES string of the molecule is CCN1C2=C(c3ccccc3)C(C)CCN2c2nc3ccccc3nc21. The second-order valence-corrected chi connectivity index (χ2v) is 7.05. The minimum Gasteiger partial charge on any atom is -0.309 e. The van der Waals surface area contributed by atoms with Crippen LogP contribution < -0.4 is 9.80 Å². The number of rotatable bonds is 2. The molecule has 2 aliphatic rings. The lowest BCUT2D eigenvalue weighted by Crippen LogP contribution is -2.36. The molecule has 2 aromatic carbocycles. The molecule has 0 spiro atoms. The Balaban J connectivity index is 1.78. The minimum absolute atomic E-state index is 0.515. The van der Waals surface area contributed by atoms with Gasteiger partial charge in [0.2, 0.25) is 0 Å². The zero-order chi connectivity index (χ0) is 17.7. The summed E-state index contributed by atoms with van der Waals surface area (Å²) in [7, 11) is 0. The summed E-state index contributed by atoms with van der Waals surface area (Å²) >= 11 is 0. The van der Waals surface area contributed by atoms with E-state index in [0.717, 1.165) is 42.2 Å². The molecule has 26 heavy (non-hydrogen) atoms. The van der Waals surface area contributed by atoms with Gasteiger partial charge in [-0.3, -0.25) is 0 Å². The number of allylic oxidation sites excluding steroid dienone is 1. The summed E-state index contributed by atoms with van der Waals surface area (Å²) < 4.78 is 0. The molecule has 2 aliphatic heterocycles. The molecule has 130 valence electrons. The van der Waals surface area contributed by atoms with Gasteiger partial charge in [-0.25, -0.2) is 9.97 Å². The summed E-state index contributed by atoms with van der Waals surface area (Å²) in [4.78, 5) is 14.7. The van der Waals surface area contributed by atoms with Crippen LogP contribution in [-0.2, 0) is 0 Å². The van der Waals surface area contributed by atoms with E-state index >= 15 is 0 Å². The highest BCUT2D eigenvalue weighted by Crippen LogP contribution is 2.47. The Kier molecular flexibility index (Phi) is 3.45. The molecule has 0 saturated carbocycles. The first-order valence-electron chi connectivity index (χ1n) is 9.39. The highest BCUT2D eigenvalue weighted by Gasteiger charge is 2.39. The van der Waals surface area contributed by atoms with Gasteiger partial charge < -0.3 is 9.80 Å². The van der Waals surface area contributed by atoms with E-state index < -0.39 is 0 Å². The van der Waals surface area contributed by atoms with Crippen molar-refractivity contribution in [3.63, 3.8) is 0 Å². The molecule has 0 amide bonds. The van der Waals surface area contributed by atoms with Gasteiger partial charge in [0.25, 0.3) is 0 Å². The number of hydrogen-bond acceptors (Lipinski definition) is 4. The fourth-order valence-electron chi connectivity index (χ4n) is 4.21. The molecule has 3 aromatic rings. The van der Waals surface area contributed by atoms with Crippen LogP contribution in [0.2, 0.25) is 0 Å². The topological polar surface area (TPSA) is 32.3 Å². The van der Waals surface area contributed by atoms with Crippen molar-refractivity contribution in [3.8, 4) is 0 Å². The maximum Gasteiger partial charge on any atom is 0.178 e. The number of fused-ring (bicyclic) bond motifs is 4. The first-order chi connectivity index (χ1) is 12.8. The molecule has 1 aromatic heterocycles. The van der Waals surface area contributed by atoms with Crippen molar-refractivity contribution < 1.29 is 0 Å². The van der Waals surface area contributed by atoms with E-state index in [1.54, 1.807) is 0 Å². The van der Waals surface area contributed by atoms with Crippen molar-refractivity contribution in [1.82, 2.24) is 9.97 Å². The summed E-state index contributed by atoms with van der Waals surface area (Å²) in [5, 5.41) is 0. The van der Waals surface area contributed by atoms with Crippen LogP contribution in [0.1, 0.15) is 25.8 Å². The molecule has 4 nitrogen and oxygen atoms in total. The van der Waals surface area contributed by atoms with Crippen molar-refractivity contribution in [2.45, 2.75) is 20.3 Å². The quantitative estimate of drug-likeness (QED) is 0.676. The molecule has 4 heteroatoms. The molecule has 0 radical (unpaired) electrons. The van der Waals surface area contributed by atoms with Crippen LogP contribution in [0.5, 0.6) is 0 Å². The minimum atomic E-state index is 0.515. The maximum atomic E-state index is 4.98. The Hall–Kier alpha value is -2.88. The number of hydrogen-bond donors (Lipinski definition) is 0. The second-order valence-electron chi connectivity index (χ2n) is 7.05. The molecule has 3 heterocycles. The molecule has 0 bridgehead atoms. The molecule has 0 fully saturated rings. The van der Waals surface area contributed by atoms with E-state index in [1.165, 1.54) is 17.0 Å². The van der Waals surface area contributed by atoms with Crippen LogP contribution in [-0.4, -0.2) is 23.1 Å². The summed E-state index contributed by atoms with van der Waals surface area (Å²) in [5.41, 5.74) is 4.63. The predicted octanol–water partition coefficient (Wildman–Crippen LogP) is 4.68. The van der Waals surface area contributed by atoms with Crippen molar-refractivity contribution >= 4 is 28.2 Å². The molecule has 5 rings (SSSR count). The van der Waals surface area contributed by atoms with Crippen molar-refractivity contribution in [2.75, 3.05) is 22.9 Å². The van der Waals surface area contributed by atoms with E-state index in [9.17, 15) is 0 Å². The van der Waals surface area contributed by atoms with E-state index in [1.807, 2.05) is 24.3 Å². The van der Waals surface area contributed by atoms with Gasteiger partial charge in [0.1, 0.15) is 5.82 Å². The molecule has 1 atom stereocenters. The number of aromatic nitrogens is 2. The zero-order valence-electron chi connectivity index (χ0n) is 15.2. The lowest BCUT2D eigenvalue weighted by Gasteiger charge is -2.34. The smallest absolute Gasteiger partial charge is 0.178 e. The van der Waals surface area contributed by atoms with Crippen LogP contribution in [0.3, 0.4) is 0 Å². The van der Waals surface area contributed by atoms with Crippen LogP contribution in [0.15, 0.2) is 60.4 Å². The third-order valence-electron chi connectivity index (χ3n) is 5.48. The highest BCUT2D eigenvalue weighted by atomic mass is 15.4. The van der Waals surface area contributed by atoms with E-state index in [2.05, 4.69) is 54.0 Å². The number of anilines is 2. The van der Waals surface area contributed by atoms with Crippen molar-refractivity contribution in [1.29, 1.82) is 0 Å². The van der Waals surface area contributed by atoms with Gasteiger partial charge in [-0.15, -0.1) is 0 Å². The van der Waals surface area contributed by atoms with Gasteiger partial charge in [0.15, 0.2) is 11.6 Å². The second kappa shape index (κ2) is 5.84. The maximum absolute atomic E-state index is 4.98. The Bertz CT molecular complexity index is 975. The number of para-hydroxylation sites is 2. The molecule has 0 aliphatic carbocycles. The van der Waals surface area contributed by atoms with Crippen LogP contribution in [0, 0.1) is 5.92 Å². The Morgan fingerprint density at radius 3 is 2.27 bits per heavy atom. The number of nitrogens with zero attached hydrogens (tertiary/aromatic N) is 4. The first-order valence-corrected chi connectivity index (χ1v) is 9.39. The van der Waals surface area contributed by atoms with E-state index in [-0.39, 0.29) is 0 Å². The largest absolute Gasteiger partial charge is 0.309 e. The summed E-state index contributed by atoms with van der Waals surface area (Å²) in [6.07, 6.45) is 1.12. The molecular weight excluding hydrogens is 320 g/mol. The van der Waals surface area contributed by atoms with Gasteiger partial charge in [0, 0.05) is 18.7 Å². The summed E-state index contributed by atoms with van der Waals surface area (Å²) in [6.45, 7) is 6.40. The first kappa shape index (κ1) is 15.4. The lowest BCUT2D eigenvalue weighted by molar-refractivity contribution is 0.619. The van der Waals surface area contributed by atoms with Crippen LogP contribution >= 0.6 is 0 Å². The monoisotopic (exact) mass is 342 g/mol. The predicted molar refractivity (Wildman–Crippen MR) is 107 cm³/mol. The third-order valence-corrected chi connectivity index (χ3v) is 5.48. The van der Waals surface area contributed by atoms with Crippen molar-refractivity contribution in [2.24, 2.45) is 5.92 Å². The van der Waals surface area contributed by atoms with Crippen LogP contribution in [0.25, 0.3) is 16.6 Å². The molecule has 1 unspecified atom stereocenters. The number of benzene rings is 2. The molecule has 0 N–H and O–H groups in total. The van der Waals surface area contributed by atoms with Gasteiger partial charge in [-0.05, 0) is 37.0 Å². The lowest BCUT2D eigenvalue weighted by atomic mass is 9.88. The molecular formula is C22H22N4. The standard InChI is InChI=1S/C22H22N4/c1-3-25-20-21(24-18-12-8-7-11-17(18)23-20)26-14-13-15(2)19(22(25)26)16-9-5-4-6-10-16/h4-12,15H,3,13-14H2,1-2H3. The average Bonchev–Trinajstić information content (AvgIpc) is 2.99. The third kappa shape index (κ3) is 2.15. The van der Waals surface area contributed by atoms with Gasteiger partial charge in [0.05, 0.1) is 11.0 Å². The van der Waals surface area contributed by atoms with Crippen molar-refractivity contribution in [3.05, 3.63) is 66.0 Å².